The summed E-state index contributed by atoms with van der Waals surface area (Å²) in [5, 5.41) is 10.8. The molecule has 0 aliphatic carbocycles. The van der Waals surface area contributed by atoms with E-state index < -0.39 is 30.7 Å². The molecule has 1 fully saturated rings. The van der Waals surface area contributed by atoms with E-state index in [9.17, 15) is 5.11 Å². The van der Waals surface area contributed by atoms with Crippen LogP contribution in [0.5, 0.6) is 0 Å². The molecule has 0 bridgehead atoms. The molecule has 6 nitrogen and oxygen atoms in total. The number of aliphatic hydroxyl groups is 1. The molecular weight excluding hydrogens is 418 g/mol. The van der Waals surface area contributed by atoms with Crippen LogP contribution in [0.4, 0.5) is 0 Å². The third-order valence-corrected chi connectivity index (χ3v) is 5.70. The first kappa shape index (κ1) is 23.6. The molecule has 5 atom stereocenters. The Morgan fingerprint density at radius 3 is 1.42 bits per heavy atom. The van der Waals surface area contributed by atoms with Crippen LogP contribution in [0.2, 0.25) is 0 Å². The second kappa shape index (κ2) is 12.0. The SMILES string of the molecule is NC[C@H]1O[C@@H](O)[C@H](OCc2ccccc2)[C@@H](OCc2ccccc2)[C@@H]1OCc1ccccc1. The van der Waals surface area contributed by atoms with Crippen LogP contribution >= 0.6 is 0 Å². The van der Waals surface area contributed by atoms with Gasteiger partial charge in [-0.2, -0.15) is 0 Å². The van der Waals surface area contributed by atoms with Gasteiger partial charge in [-0.1, -0.05) is 91.0 Å². The Labute approximate surface area is 194 Å². The highest BCUT2D eigenvalue weighted by Gasteiger charge is 2.47. The van der Waals surface area contributed by atoms with Crippen LogP contribution in [-0.2, 0) is 38.8 Å². The van der Waals surface area contributed by atoms with Crippen LogP contribution in [0.3, 0.4) is 0 Å². The van der Waals surface area contributed by atoms with Crippen molar-refractivity contribution in [3.05, 3.63) is 108 Å². The van der Waals surface area contributed by atoms with E-state index >= 15 is 0 Å². The third-order valence-electron chi connectivity index (χ3n) is 5.70. The van der Waals surface area contributed by atoms with Crippen molar-refractivity contribution in [2.75, 3.05) is 6.54 Å². The molecule has 3 aromatic rings. The third kappa shape index (κ3) is 6.48. The molecule has 1 aliphatic heterocycles. The summed E-state index contributed by atoms with van der Waals surface area (Å²) in [6.07, 6.45) is -3.53. The lowest BCUT2D eigenvalue weighted by molar-refractivity contribution is -0.309. The van der Waals surface area contributed by atoms with Gasteiger partial charge in [-0.05, 0) is 16.7 Å². The normalized spacial score (nSPS) is 25.1. The monoisotopic (exact) mass is 449 g/mol. The molecule has 0 unspecified atom stereocenters. The first-order valence-electron chi connectivity index (χ1n) is 11.2. The molecule has 0 saturated carbocycles. The largest absolute Gasteiger partial charge is 0.368 e. The van der Waals surface area contributed by atoms with Crippen LogP contribution in [-0.4, -0.2) is 42.4 Å². The van der Waals surface area contributed by atoms with Crippen molar-refractivity contribution >= 4 is 0 Å². The predicted octanol–water partition coefficient (Wildman–Crippen LogP) is 3.42. The van der Waals surface area contributed by atoms with Crippen molar-refractivity contribution in [3.63, 3.8) is 0 Å². The number of nitrogens with two attached hydrogens (primary N) is 1. The van der Waals surface area contributed by atoms with Crippen molar-refractivity contribution in [2.24, 2.45) is 5.73 Å². The number of ether oxygens (including phenoxy) is 4. The van der Waals surface area contributed by atoms with Gasteiger partial charge < -0.3 is 29.8 Å². The van der Waals surface area contributed by atoms with E-state index in [0.29, 0.717) is 19.8 Å². The maximum Gasteiger partial charge on any atom is 0.184 e. The molecule has 1 heterocycles. The van der Waals surface area contributed by atoms with Crippen molar-refractivity contribution in [1.82, 2.24) is 0 Å². The molecule has 0 radical (unpaired) electrons. The summed E-state index contributed by atoms with van der Waals surface area (Å²) in [6.45, 7) is 1.23. The summed E-state index contributed by atoms with van der Waals surface area (Å²) >= 11 is 0. The molecule has 4 rings (SSSR count). The van der Waals surface area contributed by atoms with E-state index in [-0.39, 0.29) is 6.54 Å². The standard InChI is InChI=1S/C27H31NO5/c28-16-23-24(30-17-20-10-4-1-5-11-20)25(31-18-21-12-6-2-7-13-21)26(27(29)33-23)32-19-22-14-8-3-9-15-22/h1-15,23-27,29H,16-19,28H2/t23-,24-,25+,26-,27-/m1/s1. The average molecular weight is 450 g/mol. The van der Waals surface area contributed by atoms with E-state index in [1.807, 2.05) is 91.0 Å². The Morgan fingerprint density at radius 1 is 0.606 bits per heavy atom. The number of hydrogen-bond donors (Lipinski definition) is 2. The molecular formula is C27H31NO5. The Hall–Kier alpha value is -2.58. The van der Waals surface area contributed by atoms with E-state index in [0.717, 1.165) is 16.7 Å². The maximum absolute atomic E-state index is 10.8. The van der Waals surface area contributed by atoms with Gasteiger partial charge >= 0.3 is 0 Å². The number of hydrogen-bond acceptors (Lipinski definition) is 6. The maximum atomic E-state index is 10.8. The van der Waals surface area contributed by atoms with Gasteiger partial charge in [0.2, 0.25) is 0 Å². The molecule has 0 amide bonds. The van der Waals surface area contributed by atoms with Gasteiger partial charge in [0, 0.05) is 6.54 Å². The first-order chi connectivity index (χ1) is 16.2. The fraction of sp³-hybridized carbons (Fsp3) is 0.333. The van der Waals surface area contributed by atoms with Gasteiger partial charge in [-0.3, -0.25) is 0 Å². The van der Waals surface area contributed by atoms with Crippen molar-refractivity contribution in [3.8, 4) is 0 Å². The molecule has 3 N–H and O–H groups in total. The summed E-state index contributed by atoms with van der Waals surface area (Å²) < 4.78 is 24.6. The summed E-state index contributed by atoms with van der Waals surface area (Å²) in [7, 11) is 0. The Kier molecular flexibility index (Phi) is 8.60. The minimum atomic E-state index is -1.18. The van der Waals surface area contributed by atoms with Gasteiger partial charge in [-0.25, -0.2) is 0 Å². The van der Waals surface area contributed by atoms with E-state index in [1.54, 1.807) is 0 Å². The highest BCUT2D eigenvalue weighted by atomic mass is 16.7. The first-order valence-corrected chi connectivity index (χ1v) is 11.2. The highest BCUT2D eigenvalue weighted by Crippen LogP contribution is 2.29. The molecule has 1 aliphatic rings. The second-order valence-electron chi connectivity index (χ2n) is 8.08. The lowest BCUT2D eigenvalue weighted by Gasteiger charge is -2.44. The number of rotatable bonds is 10. The number of benzene rings is 3. The molecule has 0 aromatic heterocycles. The lowest BCUT2D eigenvalue weighted by Crippen LogP contribution is -2.61. The number of aliphatic hydroxyl groups excluding tert-OH is 1. The van der Waals surface area contributed by atoms with Gasteiger partial charge in [0.25, 0.3) is 0 Å². The highest BCUT2D eigenvalue weighted by molar-refractivity contribution is 5.15. The topological polar surface area (TPSA) is 83.2 Å². The van der Waals surface area contributed by atoms with Gasteiger partial charge in [0.15, 0.2) is 6.29 Å². The van der Waals surface area contributed by atoms with Crippen LogP contribution in [0.1, 0.15) is 16.7 Å². The predicted molar refractivity (Wildman–Crippen MR) is 125 cm³/mol. The Bertz CT molecular complexity index is 941. The summed E-state index contributed by atoms with van der Waals surface area (Å²) in [5.74, 6) is 0. The summed E-state index contributed by atoms with van der Waals surface area (Å²) in [6, 6.07) is 29.6. The molecule has 1 saturated heterocycles. The van der Waals surface area contributed by atoms with Crippen molar-refractivity contribution in [2.45, 2.75) is 50.5 Å². The van der Waals surface area contributed by atoms with Crippen LogP contribution in [0.25, 0.3) is 0 Å². The van der Waals surface area contributed by atoms with E-state index in [1.165, 1.54) is 0 Å². The van der Waals surface area contributed by atoms with Crippen LogP contribution in [0.15, 0.2) is 91.0 Å². The molecule has 6 heteroatoms. The minimum Gasteiger partial charge on any atom is -0.368 e. The fourth-order valence-electron chi connectivity index (χ4n) is 3.95. The smallest absolute Gasteiger partial charge is 0.184 e. The average Bonchev–Trinajstić information content (AvgIpc) is 2.87. The summed E-state index contributed by atoms with van der Waals surface area (Å²) in [4.78, 5) is 0. The zero-order chi connectivity index (χ0) is 22.9. The zero-order valence-electron chi connectivity index (χ0n) is 18.5. The Morgan fingerprint density at radius 2 is 1.00 bits per heavy atom. The molecule has 33 heavy (non-hydrogen) atoms. The van der Waals surface area contributed by atoms with Gasteiger partial charge in [-0.15, -0.1) is 0 Å². The minimum absolute atomic E-state index is 0.188. The van der Waals surface area contributed by atoms with Gasteiger partial charge in [0.05, 0.1) is 19.8 Å². The Balaban J connectivity index is 1.53. The second-order valence-corrected chi connectivity index (χ2v) is 8.08. The lowest BCUT2D eigenvalue weighted by atomic mass is 9.97. The van der Waals surface area contributed by atoms with Crippen molar-refractivity contribution in [1.29, 1.82) is 0 Å². The quantitative estimate of drug-likeness (QED) is 0.494. The van der Waals surface area contributed by atoms with Crippen molar-refractivity contribution < 1.29 is 24.1 Å². The zero-order valence-corrected chi connectivity index (χ0v) is 18.5. The van der Waals surface area contributed by atoms with E-state index in [4.69, 9.17) is 24.7 Å². The van der Waals surface area contributed by atoms with Crippen LogP contribution < -0.4 is 5.73 Å². The molecule has 174 valence electrons. The molecule has 0 spiro atoms. The van der Waals surface area contributed by atoms with Crippen LogP contribution in [0, 0.1) is 0 Å². The fourth-order valence-corrected chi connectivity index (χ4v) is 3.95. The van der Waals surface area contributed by atoms with E-state index in [2.05, 4.69) is 0 Å². The molecule has 3 aromatic carbocycles. The summed E-state index contributed by atoms with van der Waals surface area (Å²) in [5.41, 5.74) is 9.04. The van der Waals surface area contributed by atoms with Gasteiger partial charge in [0.1, 0.15) is 24.4 Å².